The van der Waals surface area contributed by atoms with E-state index in [1.165, 1.54) is 11.1 Å². The number of ether oxygens (including phenoxy) is 1. The molecular weight excluding hydrogens is 370 g/mol. The van der Waals surface area contributed by atoms with E-state index in [1.54, 1.807) is 20.8 Å². The van der Waals surface area contributed by atoms with E-state index in [1.807, 2.05) is 18.5 Å². The second-order valence-electron chi connectivity index (χ2n) is 8.52. The Labute approximate surface area is 171 Å². The zero-order valence-corrected chi connectivity index (χ0v) is 17.3. The van der Waals surface area contributed by atoms with Crippen molar-refractivity contribution in [1.29, 1.82) is 0 Å². The number of rotatable bonds is 7. The van der Waals surface area contributed by atoms with Gasteiger partial charge in [0.1, 0.15) is 5.60 Å². The van der Waals surface area contributed by atoms with Crippen LogP contribution >= 0.6 is 0 Å². The average molecular weight is 399 g/mol. The fourth-order valence-electron chi connectivity index (χ4n) is 3.61. The second kappa shape index (κ2) is 8.68. The first-order chi connectivity index (χ1) is 13.7. The van der Waals surface area contributed by atoms with Gasteiger partial charge in [-0.15, -0.1) is 0 Å². The van der Waals surface area contributed by atoms with Gasteiger partial charge < -0.3 is 19.7 Å². The molecule has 1 aromatic carbocycles. The van der Waals surface area contributed by atoms with Crippen LogP contribution in [0.25, 0.3) is 0 Å². The molecule has 7 nitrogen and oxygen atoms in total. The second-order valence-corrected chi connectivity index (χ2v) is 8.52. The van der Waals surface area contributed by atoms with Crippen LogP contribution in [0.5, 0.6) is 0 Å². The third kappa shape index (κ3) is 5.59. The van der Waals surface area contributed by atoms with Crippen LogP contribution in [0.3, 0.4) is 0 Å². The minimum absolute atomic E-state index is 0.382. The lowest BCUT2D eigenvalue weighted by molar-refractivity contribution is -0.142. The van der Waals surface area contributed by atoms with Crippen LogP contribution in [0.2, 0.25) is 0 Å². The van der Waals surface area contributed by atoms with Crippen molar-refractivity contribution in [2.24, 2.45) is 5.92 Å². The van der Waals surface area contributed by atoms with Gasteiger partial charge in [0.05, 0.1) is 17.9 Å². The number of carboxylic acid groups (broad SMARTS) is 1. The summed E-state index contributed by atoms with van der Waals surface area (Å²) in [4.78, 5) is 28.0. The van der Waals surface area contributed by atoms with E-state index in [-0.39, 0.29) is 0 Å². The number of fused-ring (bicyclic) bond motifs is 2. The van der Waals surface area contributed by atoms with Crippen molar-refractivity contribution in [3.8, 4) is 0 Å². The first kappa shape index (κ1) is 20.9. The van der Waals surface area contributed by atoms with E-state index in [4.69, 9.17) is 4.74 Å². The quantitative estimate of drug-likeness (QED) is 0.594. The van der Waals surface area contributed by atoms with Crippen LogP contribution < -0.4 is 5.32 Å². The predicted octanol–water partition coefficient (Wildman–Crippen LogP) is 3.38. The first-order valence-corrected chi connectivity index (χ1v) is 10.0. The molecule has 7 heteroatoms. The molecule has 2 N–H and O–H groups in total. The van der Waals surface area contributed by atoms with E-state index in [0.717, 1.165) is 24.4 Å². The summed E-state index contributed by atoms with van der Waals surface area (Å²) >= 11 is 0. The van der Waals surface area contributed by atoms with E-state index in [9.17, 15) is 14.7 Å². The first-order valence-electron chi connectivity index (χ1n) is 10.0. The van der Waals surface area contributed by atoms with Crippen LogP contribution in [0.15, 0.2) is 30.6 Å². The monoisotopic (exact) mass is 399 g/mol. The molecule has 1 unspecified atom stereocenters. The van der Waals surface area contributed by atoms with Crippen LogP contribution in [0.1, 0.15) is 56.1 Å². The minimum Gasteiger partial charge on any atom is -0.481 e. The van der Waals surface area contributed by atoms with E-state index < -0.39 is 23.6 Å². The van der Waals surface area contributed by atoms with Gasteiger partial charge in [0.2, 0.25) is 0 Å². The molecule has 0 radical (unpaired) electrons. The Kier molecular flexibility index (Phi) is 6.25. The predicted molar refractivity (Wildman–Crippen MR) is 109 cm³/mol. The third-order valence-corrected chi connectivity index (χ3v) is 5.04. The highest BCUT2D eigenvalue weighted by molar-refractivity contribution is 5.70. The maximum atomic E-state index is 11.8. The number of amides is 1. The van der Waals surface area contributed by atoms with Gasteiger partial charge in [-0.1, -0.05) is 24.3 Å². The third-order valence-electron chi connectivity index (χ3n) is 5.04. The Morgan fingerprint density at radius 3 is 2.69 bits per heavy atom. The van der Waals surface area contributed by atoms with Gasteiger partial charge in [0, 0.05) is 31.6 Å². The maximum Gasteiger partial charge on any atom is 0.407 e. The number of aromatic nitrogens is 2. The summed E-state index contributed by atoms with van der Waals surface area (Å²) in [6, 6.07) is 8.30. The molecule has 1 aliphatic heterocycles. The number of imidazole rings is 1. The number of alkyl carbamates (subject to hydrolysis) is 1. The summed E-state index contributed by atoms with van der Waals surface area (Å²) in [7, 11) is 0. The van der Waals surface area contributed by atoms with Gasteiger partial charge in [-0.05, 0) is 44.7 Å². The fraction of sp³-hybridized carbons (Fsp3) is 0.500. The molecule has 1 aromatic heterocycles. The molecule has 0 saturated heterocycles. The molecule has 1 amide bonds. The molecule has 0 spiro atoms. The zero-order valence-electron chi connectivity index (χ0n) is 17.3. The van der Waals surface area contributed by atoms with Gasteiger partial charge in [-0.3, -0.25) is 4.79 Å². The molecule has 3 rings (SSSR count). The van der Waals surface area contributed by atoms with Crippen LogP contribution in [0.4, 0.5) is 4.79 Å². The van der Waals surface area contributed by atoms with Crippen LogP contribution in [-0.4, -0.2) is 38.9 Å². The summed E-state index contributed by atoms with van der Waals surface area (Å²) in [5.41, 5.74) is 3.96. The van der Waals surface area contributed by atoms with E-state index >= 15 is 0 Å². The highest BCUT2D eigenvalue weighted by atomic mass is 16.6. The number of carboxylic acids is 1. The molecule has 0 fully saturated rings. The van der Waals surface area contributed by atoms with Crippen molar-refractivity contribution in [2.75, 3.05) is 6.54 Å². The summed E-state index contributed by atoms with van der Waals surface area (Å²) < 4.78 is 7.30. The van der Waals surface area contributed by atoms with Gasteiger partial charge in [-0.25, -0.2) is 9.78 Å². The minimum atomic E-state index is -0.833. The van der Waals surface area contributed by atoms with E-state index in [0.29, 0.717) is 25.8 Å². The molecule has 156 valence electrons. The van der Waals surface area contributed by atoms with Crippen molar-refractivity contribution in [3.63, 3.8) is 0 Å². The topological polar surface area (TPSA) is 93.5 Å². The Morgan fingerprint density at radius 2 is 2.00 bits per heavy atom. The molecule has 2 aromatic rings. The van der Waals surface area contributed by atoms with Crippen molar-refractivity contribution in [3.05, 3.63) is 53.1 Å². The Morgan fingerprint density at radius 1 is 1.28 bits per heavy atom. The lowest BCUT2D eigenvalue weighted by atomic mass is 9.93. The molecule has 2 heterocycles. The maximum absolute atomic E-state index is 11.8. The van der Waals surface area contributed by atoms with Crippen molar-refractivity contribution < 1.29 is 19.4 Å². The zero-order chi connectivity index (χ0) is 21.0. The highest BCUT2D eigenvalue weighted by Crippen LogP contribution is 2.26. The Bertz CT molecular complexity index is 882. The fourth-order valence-corrected chi connectivity index (χ4v) is 3.61. The molecule has 1 aliphatic rings. The number of aliphatic carboxylic acids is 1. The number of hydrogen-bond donors (Lipinski definition) is 2. The van der Waals surface area contributed by atoms with Gasteiger partial charge in [0.15, 0.2) is 0 Å². The Hall–Kier alpha value is -2.83. The standard InChI is InChI=1S/C22H29N3O4/c1-22(2,3)29-21(28)23-10-6-9-16(20(26)27)11-18-19-12-15-7-4-5-8-17(15)13-25(19)14-24-18/h4-5,7-8,14,16H,6,9-13H2,1-3H3,(H,23,28)(H,26,27). The average Bonchev–Trinajstić information content (AvgIpc) is 3.02. The summed E-state index contributed by atoms with van der Waals surface area (Å²) in [6.45, 7) is 6.56. The molecule has 1 atom stereocenters. The van der Waals surface area contributed by atoms with Crippen molar-refractivity contribution >= 4 is 12.1 Å². The molecule has 0 aliphatic carbocycles. The number of benzene rings is 1. The number of nitrogens with zero attached hydrogens (tertiary/aromatic N) is 2. The van der Waals surface area contributed by atoms with Crippen molar-refractivity contribution in [2.45, 2.75) is 58.6 Å². The number of carbonyl (C=O) groups is 2. The van der Waals surface area contributed by atoms with Gasteiger partial charge >= 0.3 is 12.1 Å². The molecular formula is C22H29N3O4. The van der Waals surface area contributed by atoms with Gasteiger partial charge in [-0.2, -0.15) is 0 Å². The molecule has 29 heavy (non-hydrogen) atoms. The molecule has 0 bridgehead atoms. The summed E-state index contributed by atoms with van der Waals surface area (Å²) in [5, 5.41) is 12.3. The smallest absolute Gasteiger partial charge is 0.407 e. The summed E-state index contributed by atoms with van der Waals surface area (Å²) in [5.74, 6) is -1.37. The normalized spacial score (nSPS) is 13.9. The van der Waals surface area contributed by atoms with Gasteiger partial charge in [0.25, 0.3) is 0 Å². The summed E-state index contributed by atoms with van der Waals surface area (Å²) in [6.07, 6.45) is 3.53. The van der Waals surface area contributed by atoms with Crippen LogP contribution in [0, 0.1) is 5.92 Å². The Balaban J connectivity index is 1.55. The number of nitrogens with one attached hydrogen (secondary N) is 1. The number of carbonyl (C=O) groups excluding carboxylic acids is 1. The molecule has 0 saturated carbocycles. The lowest BCUT2D eigenvalue weighted by Gasteiger charge is -2.20. The van der Waals surface area contributed by atoms with Crippen molar-refractivity contribution in [1.82, 2.24) is 14.9 Å². The largest absolute Gasteiger partial charge is 0.481 e. The SMILES string of the molecule is CC(C)(C)OC(=O)NCCCC(Cc1ncn2c1Cc1ccccc1C2)C(=O)O. The lowest BCUT2D eigenvalue weighted by Crippen LogP contribution is -2.33. The highest BCUT2D eigenvalue weighted by Gasteiger charge is 2.24. The van der Waals surface area contributed by atoms with Crippen LogP contribution in [-0.2, 0) is 28.9 Å². The number of hydrogen-bond acceptors (Lipinski definition) is 4. The van der Waals surface area contributed by atoms with E-state index in [2.05, 4.69) is 27.0 Å².